The third-order valence-electron chi connectivity index (χ3n) is 4.16. The molecule has 0 radical (unpaired) electrons. The Hall–Kier alpha value is -2.97. The lowest BCUT2D eigenvalue weighted by molar-refractivity contribution is 0.0956. The van der Waals surface area contributed by atoms with Crippen molar-refractivity contribution in [1.29, 1.82) is 0 Å². The largest absolute Gasteiger partial charge is 0.495 e. The molecular formula is C22H22N2O4S2. The maximum Gasteiger partial charge on any atom is 0.262 e. The molecule has 0 fully saturated rings. The Bertz CT molecular complexity index is 1100. The number of benzene rings is 3. The van der Waals surface area contributed by atoms with Crippen LogP contribution in [0.25, 0.3) is 0 Å². The van der Waals surface area contributed by atoms with Crippen molar-refractivity contribution < 1.29 is 17.9 Å². The fraction of sp³-hybridized carbons (Fsp3) is 0.136. The summed E-state index contributed by atoms with van der Waals surface area (Å²) in [4.78, 5) is 13.6. The van der Waals surface area contributed by atoms with Gasteiger partial charge in [-0.15, -0.1) is 11.8 Å². The van der Waals surface area contributed by atoms with Crippen molar-refractivity contribution >= 4 is 33.4 Å². The monoisotopic (exact) mass is 442 g/mol. The molecule has 3 aromatic carbocycles. The quantitative estimate of drug-likeness (QED) is 0.386. The van der Waals surface area contributed by atoms with Gasteiger partial charge in [0.1, 0.15) is 5.75 Å². The molecule has 0 atom stereocenters. The maximum absolute atomic E-state index is 12.8. The Kier molecular flexibility index (Phi) is 7.37. The predicted molar refractivity (Wildman–Crippen MR) is 120 cm³/mol. The first-order chi connectivity index (χ1) is 14.5. The van der Waals surface area contributed by atoms with Gasteiger partial charge in [0.15, 0.2) is 0 Å². The van der Waals surface area contributed by atoms with E-state index in [1.165, 1.54) is 19.2 Å². The number of hydrogen-bond donors (Lipinski definition) is 2. The highest BCUT2D eigenvalue weighted by atomic mass is 32.2. The number of thioether (sulfide) groups is 1. The van der Waals surface area contributed by atoms with Crippen molar-refractivity contribution in [3.05, 3.63) is 84.4 Å². The molecule has 0 saturated heterocycles. The van der Waals surface area contributed by atoms with Crippen molar-refractivity contribution in [3.8, 4) is 5.75 Å². The number of methoxy groups -OCH3 is 1. The molecule has 8 heteroatoms. The molecule has 0 aliphatic heterocycles. The van der Waals surface area contributed by atoms with Gasteiger partial charge in [-0.1, -0.05) is 36.4 Å². The van der Waals surface area contributed by atoms with Crippen LogP contribution < -0.4 is 14.8 Å². The number of anilines is 1. The molecule has 156 valence electrons. The fourth-order valence-corrected chi connectivity index (χ4v) is 4.59. The number of ether oxygens (including phenoxy) is 1. The molecule has 0 spiro atoms. The van der Waals surface area contributed by atoms with E-state index in [9.17, 15) is 13.2 Å². The number of sulfonamides is 1. The smallest absolute Gasteiger partial charge is 0.262 e. The molecule has 2 N–H and O–H groups in total. The van der Waals surface area contributed by atoms with Crippen LogP contribution in [0.3, 0.4) is 0 Å². The lowest BCUT2D eigenvalue weighted by Crippen LogP contribution is -2.26. The number of amides is 1. The summed E-state index contributed by atoms with van der Waals surface area (Å²) in [6.07, 6.45) is 0. The molecule has 0 aromatic heterocycles. The van der Waals surface area contributed by atoms with Gasteiger partial charge in [-0.2, -0.15) is 0 Å². The molecule has 0 unspecified atom stereocenters. The minimum atomic E-state index is -3.88. The zero-order valence-corrected chi connectivity index (χ0v) is 18.0. The highest BCUT2D eigenvalue weighted by Crippen LogP contribution is 2.26. The molecular weight excluding hydrogens is 420 g/mol. The van der Waals surface area contributed by atoms with E-state index in [4.69, 9.17) is 4.74 Å². The van der Waals surface area contributed by atoms with Gasteiger partial charge in [0.25, 0.3) is 15.9 Å². The van der Waals surface area contributed by atoms with Gasteiger partial charge < -0.3 is 10.1 Å². The second kappa shape index (κ2) is 10.2. The first-order valence-electron chi connectivity index (χ1n) is 9.21. The number of carbonyl (C=O) groups is 1. The zero-order chi connectivity index (χ0) is 21.4. The molecule has 0 aliphatic rings. The van der Waals surface area contributed by atoms with E-state index in [0.717, 1.165) is 4.90 Å². The first-order valence-corrected chi connectivity index (χ1v) is 11.7. The molecule has 3 aromatic rings. The van der Waals surface area contributed by atoms with E-state index >= 15 is 0 Å². The van der Waals surface area contributed by atoms with Gasteiger partial charge in [0, 0.05) is 22.8 Å². The Morgan fingerprint density at radius 2 is 1.70 bits per heavy atom. The molecule has 3 rings (SSSR count). The van der Waals surface area contributed by atoms with E-state index in [0.29, 0.717) is 23.7 Å². The van der Waals surface area contributed by atoms with E-state index in [1.807, 2.05) is 30.3 Å². The van der Waals surface area contributed by atoms with Gasteiger partial charge in [-0.3, -0.25) is 9.52 Å². The topological polar surface area (TPSA) is 84.5 Å². The third-order valence-corrected chi connectivity index (χ3v) is 6.53. The fourth-order valence-electron chi connectivity index (χ4n) is 2.69. The van der Waals surface area contributed by atoms with E-state index in [-0.39, 0.29) is 16.4 Å². The van der Waals surface area contributed by atoms with Crippen molar-refractivity contribution in [1.82, 2.24) is 5.32 Å². The van der Waals surface area contributed by atoms with E-state index in [1.54, 1.807) is 48.2 Å². The summed E-state index contributed by atoms with van der Waals surface area (Å²) in [7, 11) is -2.41. The van der Waals surface area contributed by atoms with Gasteiger partial charge >= 0.3 is 0 Å². The van der Waals surface area contributed by atoms with Gasteiger partial charge in [-0.05, 0) is 42.5 Å². The number of carbonyl (C=O) groups excluding carboxylic acids is 1. The van der Waals surface area contributed by atoms with Gasteiger partial charge in [-0.25, -0.2) is 8.42 Å². The predicted octanol–water partition coefficient (Wildman–Crippen LogP) is 4.02. The summed E-state index contributed by atoms with van der Waals surface area (Å²) in [6, 6.07) is 22.6. The molecule has 0 aliphatic carbocycles. The Morgan fingerprint density at radius 3 is 2.47 bits per heavy atom. The minimum absolute atomic E-state index is 0.000262. The lowest BCUT2D eigenvalue weighted by Gasteiger charge is -2.12. The van der Waals surface area contributed by atoms with Crippen LogP contribution >= 0.6 is 11.8 Å². The number of para-hydroxylation sites is 2. The van der Waals surface area contributed by atoms with Crippen LogP contribution in [0.2, 0.25) is 0 Å². The molecule has 1 amide bonds. The van der Waals surface area contributed by atoms with Crippen LogP contribution in [-0.4, -0.2) is 33.7 Å². The Balaban J connectivity index is 1.63. The Labute approximate surface area is 180 Å². The molecule has 0 saturated carbocycles. The summed E-state index contributed by atoms with van der Waals surface area (Å²) in [5.41, 5.74) is 0.607. The third kappa shape index (κ3) is 5.77. The lowest BCUT2D eigenvalue weighted by atomic mass is 10.2. The normalized spacial score (nSPS) is 11.0. The van der Waals surface area contributed by atoms with Crippen LogP contribution in [-0.2, 0) is 10.0 Å². The highest BCUT2D eigenvalue weighted by Gasteiger charge is 2.18. The average molecular weight is 443 g/mol. The Morgan fingerprint density at radius 1 is 0.967 bits per heavy atom. The summed E-state index contributed by atoms with van der Waals surface area (Å²) in [5, 5.41) is 2.82. The van der Waals surface area contributed by atoms with Crippen LogP contribution in [0.15, 0.2) is 88.7 Å². The number of hydrogen-bond acceptors (Lipinski definition) is 5. The summed E-state index contributed by atoms with van der Waals surface area (Å²) in [5.74, 6) is 0.798. The number of nitrogens with one attached hydrogen (secondary N) is 2. The van der Waals surface area contributed by atoms with Crippen molar-refractivity contribution in [2.75, 3.05) is 24.1 Å². The van der Waals surface area contributed by atoms with Gasteiger partial charge in [0.05, 0.1) is 17.7 Å². The van der Waals surface area contributed by atoms with E-state index < -0.39 is 10.0 Å². The molecule has 0 bridgehead atoms. The summed E-state index contributed by atoms with van der Waals surface area (Å²) in [6.45, 7) is 0.467. The standard InChI is InChI=1S/C22H22N2O4S2/c1-28-21-13-6-5-12-20(21)24-30(26,27)19-11-7-8-17(16-19)22(25)23-14-15-29-18-9-3-2-4-10-18/h2-13,16,24H,14-15H2,1H3,(H,23,25). The van der Waals surface area contributed by atoms with Crippen molar-refractivity contribution in [3.63, 3.8) is 0 Å². The van der Waals surface area contributed by atoms with Crippen LogP contribution in [0.1, 0.15) is 10.4 Å². The minimum Gasteiger partial charge on any atom is -0.495 e. The van der Waals surface area contributed by atoms with Crippen LogP contribution in [0.5, 0.6) is 5.75 Å². The molecule has 0 heterocycles. The van der Waals surface area contributed by atoms with Crippen molar-refractivity contribution in [2.45, 2.75) is 9.79 Å². The second-order valence-electron chi connectivity index (χ2n) is 6.25. The van der Waals surface area contributed by atoms with Crippen LogP contribution in [0, 0.1) is 0 Å². The average Bonchev–Trinajstić information content (AvgIpc) is 2.77. The number of rotatable bonds is 9. The molecule has 30 heavy (non-hydrogen) atoms. The SMILES string of the molecule is COc1ccccc1NS(=O)(=O)c1cccc(C(=O)NCCSc2ccccc2)c1. The highest BCUT2D eigenvalue weighted by molar-refractivity contribution is 7.99. The first kappa shape index (κ1) is 21.7. The molecule has 6 nitrogen and oxygen atoms in total. The maximum atomic E-state index is 12.8. The summed E-state index contributed by atoms with van der Waals surface area (Å²) >= 11 is 1.64. The van der Waals surface area contributed by atoms with Crippen LogP contribution in [0.4, 0.5) is 5.69 Å². The summed E-state index contributed by atoms with van der Waals surface area (Å²) < 4.78 is 33.2. The second-order valence-corrected chi connectivity index (χ2v) is 9.10. The van der Waals surface area contributed by atoms with Crippen molar-refractivity contribution in [2.24, 2.45) is 0 Å². The zero-order valence-electron chi connectivity index (χ0n) is 16.4. The van der Waals surface area contributed by atoms with Gasteiger partial charge in [0.2, 0.25) is 0 Å². The van der Waals surface area contributed by atoms with E-state index in [2.05, 4.69) is 10.0 Å².